The molecule has 3 N–H and O–H groups in total. The highest BCUT2D eigenvalue weighted by atomic mass is 16.3. The number of para-hydroxylation sites is 2. The van der Waals surface area contributed by atoms with Gasteiger partial charge in [-0.1, -0.05) is 12.1 Å². The second-order valence-corrected chi connectivity index (χ2v) is 6.97. The number of carbonyl (C=O) groups is 1. The summed E-state index contributed by atoms with van der Waals surface area (Å²) >= 11 is 0. The molecule has 2 saturated heterocycles. The zero-order valence-corrected chi connectivity index (χ0v) is 14.2. The third-order valence-electron chi connectivity index (χ3n) is 5.17. The molecule has 1 unspecified atom stereocenters. The highest BCUT2D eigenvalue weighted by Crippen LogP contribution is 2.33. The SMILES string of the molecule is NC(=O)C1(O)CCCN(c2nc3ccccc3nc2N2CCCC2)C1. The fourth-order valence-corrected chi connectivity index (χ4v) is 3.75. The quantitative estimate of drug-likeness (QED) is 0.866. The van der Waals surface area contributed by atoms with Gasteiger partial charge in [-0.15, -0.1) is 0 Å². The van der Waals surface area contributed by atoms with Crippen LogP contribution in [0.1, 0.15) is 25.7 Å². The van der Waals surface area contributed by atoms with E-state index in [9.17, 15) is 9.90 Å². The van der Waals surface area contributed by atoms with Gasteiger partial charge in [0.05, 0.1) is 17.6 Å². The molecule has 0 bridgehead atoms. The lowest BCUT2D eigenvalue weighted by molar-refractivity contribution is -0.137. The van der Waals surface area contributed by atoms with E-state index in [0.29, 0.717) is 12.8 Å². The Balaban J connectivity index is 1.78. The van der Waals surface area contributed by atoms with Gasteiger partial charge < -0.3 is 20.6 Å². The Labute approximate surface area is 146 Å². The Morgan fingerprint density at radius 2 is 1.56 bits per heavy atom. The first-order chi connectivity index (χ1) is 12.1. The van der Waals surface area contributed by atoms with Crippen LogP contribution < -0.4 is 15.5 Å². The molecule has 1 amide bonds. The molecule has 1 aromatic carbocycles. The maximum atomic E-state index is 11.7. The number of benzene rings is 1. The van der Waals surface area contributed by atoms with Crippen molar-refractivity contribution in [3.8, 4) is 0 Å². The van der Waals surface area contributed by atoms with Crippen LogP contribution in [0.4, 0.5) is 11.6 Å². The maximum absolute atomic E-state index is 11.7. The number of anilines is 2. The van der Waals surface area contributed by atoms with Crippen LogP contribution in [-0.2, 0) is 4.79 Å². The number of β-amino-alcohol motifs (C(OH)–C–C–N with tert-alkyl or cyclic N) is 1. The highest BCUT2D eigenvalue weighted by Gasteiger charge is 2.40. The van der Waals surface area contributed by atoms with E-state index in [1.807, 2.05) is 29.2 Å². The average Bonchev–Trinajstić information content (AvgIpc) is 3.15. The van der Waals surface area contributed by atoms with Crippen molar-refractivity contribution in [3.05, 3.63) is 24.3 Å². The second kappa shape index (κ2) is 6.15. The van der Waals surface area contributed by atoms with E-state index >= 15 is 0 Å². The zero-order chi connectivity index (χ0) is 17.4. The highest BCUT2D eigenvalue weighted by molar-refractivity contribution is 5.85. The molecular weight excluding hydrogens is 318 g/mol. The molecule has 1 aromatic heterocycles. The van der Waals surface area contributed by atoms with Crippen molar-refractivity contribution in [2.24, 2.45) is 5.73 Å². The summed E-state index contributed by atoms with van der Waals surface area (Å²) in [5.74, 6) is 0.901. The van der Waals surface area contributed by atoms with Crippen LogP contribution in [0.5, 0.6) is 0 Å². The normalized spacial score (nSPS) is 24.0. The van der Waals surface area contributed by atoms with Gasteiger partial charge in [-0.25, -0.2) is 9.97 Å². The molecule has 132 valence electrons. The molecule has 0 spiro atoms. The number of aliphatic hydroxyl groups is 1. The van der Waals surface area contributed by atoms with Crippen molar-refractivity contribution in [3.63, 3.8) is 0 Å². The molecule has 0 aliphatic carbocycles. The molecule has 2 aromatic rings. The van der Waals surface area contributed by atoms with E-state index in [1.54, 1.807) is 0 Å². The van der Waals surface area contributed by atoms with Crippen molar-refractivity contribution >= 4 is 28.6 Å². The average molecular weight is 341 g/mol. The van der Waals surface area contributed by atoms with E-state index in [-0.39, 0.29) is 6.54 Å². The number of hydrogen-bond acceptors (Lipinski definition) is 6. The lowest BCUT2D eigenvalue weighted by atomic mass is 9.92. The third kappa shape index (κ3) is 2.89. The number of rotatable bonds is 3. The van der Waals surface area contributed by atoms with Crippen LogP contribution in [0.15, 0.2) is 24.3 Å². The van der Waals surface area contributed by atoms with Crippen molar-refractivity contribution in [1.82, 2.24) is 9.97 Å². The minimum absolute atomic E-state index is 0.163. The molecule has 2 aliphatic rings. The standard InChI is InChI=1S/C18H23N5O2/c19-17(24)18(25)8-5-11-23(12-18)16-15(22-9-3-4-10-22)20-13-6-1-2-7-14(13)21-16/h1-2,6-7,25H,3-5,8-12H2,(H2,19,24). The molecule has 0 radical (unpaired) electrons. The Bertz CT molecular complexity index is 805. The van der Waals surface area contributed by atoms with Crippen LogP contribution in [0.3, 0.4) is 0 Å². The van der Waals surface area contributed by atoms with Gasteiger partial charge in [0.25, 0.3) is 5.91 Å². The van der Waals surface area contributed by atoms with Gasteiger partial charge in [0, 0.05) is 19.6 Å². The van der Waals surface area contributed by atoms with Crippen molar-refractivity contribution in [2.45, 2.75) is 31.3 Å². The van der Waals surface area contributed by atoms with Gasteiger partial charge in [-0.05, 0) is 37.8 Å². The smallest absolute Gasteiger partial charge is 0.251 e. The number of carbonyl (C=O) groups excluding carboxylic acids is 1. The largest absolute Gasteiger partial charge is 0.378 e. The molecular formula is C18H23N5O2. The number of primary amides is 1. The van der Waals surface area contributed by atoms with E-state index in [2.05, 4.69) is 4.90 Å². The maximum Gasteiger partial charge on any atom is 0.251 e. The minimum atomic E-state index is -1.51. The Kier molecular flexibility index (Phi) is 3.95. The molecule has 2 aliphatic heterocycles. The molecule has 25 heavy (non-hydrogen) atoms. The van der Waals surface area contributed by atoms with Crippen LogP contribution in [0.25, 0.3) is 11.0 Å². The predicted molar refractivity (Wildman–Crippen MR) is 96.6 cm³/mol. The van der Waals surface area contributed by atoms with Gasteiger partial charge in [-0.3, -0.25) is 4.79 Å². The Morgan fingerprint density at radius 1 is 1.00 bits per heavy atom. The van der Waals surface area contributed by atoms with Gasteiger partial charge in [0.15, 0.2) is 17.2 Å². The second-order valence-electron chi connectivity index (χ2n) is 6.97. The summed E-state index contributed by atoms with van der Waals surface area (Å²) < 4.78 is 0. The molecule has 3 heterocycles. The third-order valence-corrected chi connectivity index (χ3v) is 5.17. The number of fused-ring (bicyclic) bond motifs is 1. The van der Waals surface area contributed by atoms with Crippen molar-refractivity contribution in [1.29, 1.82) is 0 Å². The first kappa shape index (κ1) is 16.1. The molecule has 0 saturated carbocycles. The van der Waals surface area contributed by atoms with Crippen molar-refractivity contribution < 1.29 is 9.90 Å². The number of piperidine rings is 1. The summed E-state index contributed by atoms with van der Waals surface area (Å²) in [5, 5.41) is 10.6. The minimum Gasteiger partial charge on any atom is -0.378 e. The topological polar surface area (TPSA) is 95.6 Å². The molecule has 7 heteroatoms. The summed E-state index contributed by atoms with van der Waals surface area (Å²) in [6, 6.07) is 7.79. The van der Waals surface area contributed by atoms with Gasteiger partial charge in [-0.2, -0.15) is 0 Å². The fraction of sp³-hybridized carbons (Fsp3) is 0.500. The summed E-state index contributed by atoms with van der Waals surface area (Å²) in [4.78, 5) is 25.6. The zero-order valence-electron chi connectivity index (χ0n) is 14.2. The number of nitrogens with two attached hydrogens (primary N) is 1. The van der Waals surface area contributed by atoms with E-state index in [1.165, 1.54) is 0 Å². The monoisotopic (exact) mass is 341 g/mol. The lowest BCUT2D eigenvalue weighted by Crippen LogP contribution is -2.56. The fourth-order valence-electron chi connectivity index (χ4n) is 3.75. The van der Waals surface area contributed by atoms with Crippen LogP contribution in [0, 0.1) is 0 Å². The van der Waals surface area contributed by atoms with E-state index < -0.39 is 11.5 Å². The Hall–Kier alpha value is -2.41. The van der Waals surface area contributed by atoms with E-state index in [4.69, 9.17) is 15.7 Å². The summed E-state index contributed by atoms with van der Waals surface area (Å²) in [6.45, 7) is 2.79. The first-order valence-corrected chi connectivity index (χ1v) is 8.86. The van der Waals surface area contributed by atoms with E-state index in [0.717, 1.165) is 55.1 Å². The van der Waals surface area contributed by atoms with Gasteiger partial charge in [0.1, 0.15) is 0 Å². The number of amides is 1. The van der Waals surface area contributed by atoms with Gasteiger partial charge >= 0.3 is 0 Å². The number of aromatic nitrogens is 2. The number of hydrogen-bond donors (Lipinski definition) is 2. The first-order valence-electron chi connectivity index (χ1n) is 8.86. The van der Waals surface area contributed by atoms with Crippen LogP contribution in [0.2, 0.25) is 0 Å². The summed E-state index contributed by atoms with van der Waals surface area (Å²) in [5.41, 5.74) is 5.59. The predicted octanol–water partition coefficient (Wildman–Crippen LogP) is 1.05. The molecule has 2 fully saturated rings. The summed E-state index contributed by atoms with van der Waals surface area (Å²) in [7, 11) is 0. The van der Waals surface area contributed by atoms with Gasteiger partial charge in [0.2, 0.25) is 0 Å². The molecule has 1 atom stereocenters. The van der Waals surface area contributed by atoms with Crippen LogP contribution >= 0.6 is 0 Å². The molecule has 7 nitrogen and oxygen atoms in total. The lowest BCUT2D eigenvalue weighted by Gasteiger charge is -2.38. The molecule has 4 rings (SSSR count). The van der Waals surface area contributed by atoms with Crippen LogP contribution in [-0.4, -0.2) is 52.8 Å². The summed E-state index contributed by atoms with van der Waals surface area (Å²) in [6.07, 6.45) is 3.35. The number of nitrogens with zero attached hydrogens (tertiary/aromatic N) is 4. The Morgan fingerprint density at radius 3 is 2.16 bits per heavy atom. The van der Waals surface area contributed by atoms with Crippen molar-refractivity contribution in [2.75, 3.05) is 36.0 Å².